The molecule has 1 aromatic carbocycles. The van der Waals surface area contributed by atoms with Gasteiger partial charge in [-0.2, -0.15) is 0 Å². The first-order valence-electron chi connectivity index (χ1n) is 6.85. The molecule has 0 fully saturated rings. The lowest BCUT2D eigenvalue weighted by atomic mass is 10.1. The zero-order valence-electron chi connectivity index (χ0n) is 12.4. The Labute approximate surface area is 126 Å². The van der Waals surface area contributed by atoms with Crippen LogP contribution in [0.1, 0.15) is 20.8 Å². The van der Waals surface area contributed by atoms with E-state index in [9.17, 15) is 5.11 Å². The van der Waals surface area contributed by atoms with Crippen LogP contribution >= 0.6 is 11.6 Å². The summed E-state index contributed by atoms with van der Waals surface area (Å²) in [6.07, 6.45) is -0.454. The van der Waals surface area contributed by atoms with Crippen LogP contribution in [0.15, 0.2) is 24.3 Å². The molecular formula is C15H25ClNO3+. The molecule has 1 aromatic rings. The van der Waals surface area contributed by atoms with Crippen molar-refractivity contribution in [3.8, 4) is 5.75 Å². The summed E-state index contributed by atoms with van der Waals surface area (Å²) < 4.78 is 10.9. The van der Waals surface area contributed by atoms with Crippen LogP contribution in [0.25, 0.3) is 0 Å². The van der Waals surface area contributed by atoms with Gasteiger partial charge in [0.05, 0.1) is 18.8 Å². The lowest BCUT2D eigenvalue weighted by Crippen LogP contribution is -2.96. The lowest BCUT2D eigenvalue weighted by Gasteiger charge is -2.19. The number of benzene rings is 1. The quantitative estimate of drug-likeness (QED) is 0.715. The standard InChI is InChI=1S/C15H24ClNO3/c1-15(2,3)17-10-13(18)11-19-8-9-20-14-6-4-12(16)5-7-14/h4-7,13,17-18H,8-11H2,1-3H3/p+1/t13-/m0/s1. The van der Waals surface area contributed by atoms with E-state index < -0.39 is 6.10 Å². The van der Waals surface area contributed by atoms with Gasteiger partial charge in [0.2, 0.25) is 0 Å². The van der Waals surface area contributed by atoms with Crippen LogP contribution < -0.4 is 10.1 Å². The first-order chi connectivity index (χ1) is 9.37. The van der Waals surface area contributed by atoms with E-state index in [1.165, 1.54) is 0 Å². The summed E-state index contributed by atoms with van der Waals surface area (Å²) in [7, 11) is 0. The molecule has 5 heteroatoms. The van der Waals surface area contributed by atoms with Crippen LogP contribution in [0.4, 0.5) is 0 Å². The number of halogens is 1. The molecule has 0 unspecified atom stereocenters. The van der Waals surface area contributed by atoms with Gasteiger partial charge in [-0.15, -0.1) is 0 Å². The van der Waals surface area contributed by atoms with Gasteiger partial charge in [0, 0.05) is 5.02 Å². The van der Waals surface area contributed by atoms with Crippen molar-refractivity contribution >= 4 is 11.6 Å². The predicted octanol–water partition coefficient (Wildman–Crippen LogP) is 1.46. The number of aliphatic hydroxyl groups excluding tert-OH is 1. The molecule has 0 saturated heterocycles. The first-order valence-corrected chi connectivity index (χ1v) is 7.23. The Bertz CT molecular complexity index is 376. The number of hydrogen-bond acceptors (Lipinski definition) is 3. The highest BCUT2D eigenvalue weighted by Gasteiger charge is 2.15. The molecule has 4 nitrogen and oxygen atoms in total. The molecular weight excluding hydrogens is 278 g/mol. The topological polar surface area (TPSA) is 55.3 Å². The summed E-state index contributed by atoms with van der Waals surface area (Å²) in [6, 6.07) is 7.19. The van der Waals surface area contributed by atoms with Crippen LogP contribution in [0, 0.1) is 0 Å². The molecule has 0 amide bonds. The fourth-order valence-corrected chi connectivity index (χ4v) is 1.65. The first kappa shape index (κ1) is 17.2. The SMILES string of the molecule is CC(C)(C)[NH2+]C[C@H](O)COCCOc1ccc(Cl)cc1. The van der Waals surface area contributed by atoms with Crippen LogP contribution in [0.5, 0.6) is 5.75 Å². The van der Waals surface area contributed by atoms with E-state index in [2.05, 4.69) is 26.1 Å². The third-order valence-corrected chi connectivity index (χ3v) is 2.87. The maximum atomic E-state index is 9.75. The fraction of sp³-hybridized carbons (Fsp3) is 0.600. The van der Waals surface area contributed by atoms with Crippen molar-refractivity contribution in [3.05, 3.63) is 29.3 Å². The van der Waals surface area contributed by atoms with E-state index in [1.54, 1.807) is 12.1 Å². The van der Waals surface area contributed by atoms with Crippen molar-refractivity contribution in [3.63, 3.8) is 0 Å². The molecule has 0 saturated carbocycles. The molecule has 20 heavy (non-hydrogen) atoms. The highest BCUT2D eigenvalue weighted by molar-refractivity contribution is 6.30. The van der Waals surface area contributed by atoms with Crippen molar-refractivity contribution in [2.75, 3.05) is 26.4 Å². The fourth-order valence-electron chi connectivity index (χ4n) is 1.53. The normalized spacial score (nSPS) is 13.2. The smallest absolute Gasteiger partial charge is 0.126 e. The van der Waals surface area contributed by atoms with Gasteiger partial charge < -0.3 is 19.9 Å². The molecule has 0 aliphatic rings. The Morgan fingerprint density at radius 1 is 1.20 bits per heavy atom. The van der Waals surface area contributed by atoms with E-state index >= 15 is 0 Å². The van der Waals surface area contributed by atoms with Crippen molar-refractivity contribution in [1.29, 1.82) is 0 Å². The second-order valence-electron chi connectivity index (χ2n) is 5.84. The number of hydrogen-bond donors (Lipinski definition) is 2. The van der Waals surface area contributed by atoms with Crippen molar-refractivity contribution in [2.45, 2.75) is 32.4 Å². The maximum absolute atomic E-state index is 9.75. The average molecular weight is 303 g/mol. The van der Waals surface area contributed by atoms with Gasteiger partial charge in [-0.3, -0.25) is 0 Å². The molecule has 0 aliphatic carbocycles. The van der Waals surface area contributed by atoms with E-state index in [1.807, 2.05) is 12.1 Å². The van der Waals surface area contributed by atoms with E-state index in [0.29, 0.717) is 31.4 Å². The van der Waals surface area contributed by atoms with Gasteiger partial charge in [-0.1, -0.05) is 11.6 Å². The lowest BCUT2D eigenvalue weighted by molar-refractivity contribution is -0.722. The van der Waals surface area contributed by atoms with Gasteiger partial charge in [-0.25, -0.2) is 0 Å². The minimum absolute atomic E-state index is 0.124. The van der Waals surface area contributed by atoms with E-state index in [0.717, 1.165) is 5.75 Å². The van der Waals surface area contributed by atoms with Gasteiger partial charge >= 0.3 is 0 Å². The molecule has 0 heterocycles. The van der Waals surface area contributed by atoms with Gasteiger partial charge in [0.15, 0.2) is 0 Å². The van der Waals surface area contributed by atoms with Crippen molar-refractivity contribution < 1.29 is 19.9 Å². The molecule has 1 rings (SSSR count). The Morgan fingerprint density at radius 2 is 1.85 bits per heavy atom. The number of rotatable bonds is 8. The van der Waals surface area contributed by atoms with Gasteiger partial charge in [0.1, 0.15) is 25.0 Å². The summed E-state index contributed by atoms with van der Waals surface area (Å²) in [5.74, 6) is 0.764. The van der Waals surface area contributed by atoms with Crippen molar-refractivity contribution in [1.82, 2.24) is 0 Å². The molecule has 114 valence electrons. The van der Waals surface area contributed by atoms with Crippen LogP contribution in [0.2, 0.25) is 5.02 Å². The van der Waals surface area contributed by atoms with E-state index in [-0.39, 0.29) is 5.54 Å². The third-order valence-electron chi connectivity index (χ3n) is 2.62. The maximum Gasteiger partial charge on any atom is 0.126 e. The zero-order valence-corrected chi connectivity index (χ0v) is 13.2. The highest BCUT2D eigenvalue weighted by Crippen LogP contribution is 2.15. The molecule has 0 bridgehead atoms. The van der Waals surface area contributed by atoms with Crippen LogP contribution in [-0.2, 0) is 4.74 Å². The predicted molar refractivity (Wildman–Crippen MR) is 80.3 cm³/mol. The minimum Gasteiger partial charge on any atom is -0.491 e. The Kier molecular flexibility index (Phi) is 7.30. The van der Waals surface area contributed by atoms with Gasteiger partial charge in [-0.05, 0) is 45.0 Å². The van der Waals surface area contributed by atoms with E-state index in [4.69, 9.17) is 21.1 Å². The third kappa shape index (κ3) is 8.38. The summed E-state index contributed by atoms with van der Waals surface area (Å²) in [4.78, 5) is 0. The highest BCUT2D eigenvalue weighted by atomic mass is 35.5. The summed E-state index contributed by atoms with van der Waals surface area (Å²) in [6.45, 7) is 8.21. The van der Waals surface area contributed by atoms with Crippen molar-refractivity contribution in [2.24, 2.45) is 0 Å². The second kappa shape index (κ2) is 8.47. The number of aliphatic hydroxyl groups is 1. The number of ether oxygens (including phenoxy) is 2. The molecule has 0 spiro atoms. The Balaban J connectivity index is 2.05. The zero-order chi connectivity index (χ0) is 15.0. The molecule has 0 radical (unpaired) electrons. The molecule has 0 aromatic heterocycles. The summed E-state index contributed by atoms with van der Waals surface area (Å²) in [5, 5.41) is 12.5. The Hall–Kier alpha value is -0.810. The number of quaternary nitrogens is 1. The molecule has 1 atom stereocenters. The van der Waals surface area contributed by atoms with Crippen LogP contribution in [0.3, 0.4) is 0 Å². The summed E-state index contributed by atoms with van der Waals surface area (Å²) >= 11 is 5.78. The average Bonchev–Trinajstić information content (AvgIpc) is 2.37. The molecule has 0 aliphatic heterocycles. The summed E-state index contributed by atoms with van der Waals surface area (Å²) in [5.41, 5.74) is 0.124. The second-order valence-corrected chi connectivity index (χ2v) is 6.27. The van der Waals surface area contributed by atoms with Gasteiger partial charge in [0.25, 0.3) is 0 Å². The largest absolute Gasteiger partial charge is 0.491 e. The number of nitrogens with two attached hydrogens (primary N) is 1. The Morgan fingerprint density at radius 3 is 2.45 bits per heavy atom. The van der Waals surface area contributed by atoms with Crippen LogP contribution in [-0.4, -0.2) is 43.1 Å². The molecule has 3 N–H and O–H groups in total. The minimum atomic E-state index is -0.454. The monoisotopic (exact) mass is 302 g/mol.